The topological polar surface area (TPSA) is 103 Å². The number of aromatic nitrogens is 4. The first-order chi connectivity index (χ1) is 15.5. The fraction of sp³-hybridized carbons (Fsp3) is 0.0909. The predicted octanol–water partition coefficient (Wildman–Crippen LogP) is 3.81. The smallest absolute Gasteiger partial charge is 0.276 e. The number of halogens is 1. The minimum Gasteiger partial charge on any atom is -0.471 e. The highest BCUT2D eigenvalue weighted by atomic mass is 35.5. The first kappa shape index (κ1) is 21.1. The number of anilines is 2. The van der Waals surface area contributed by atoms with Gasteiger partial charge in [0.15, 0.2) is 12.4 Å². The number of nitrogens with zero attached hydrogens (tertiary/aromatic N) is 4. The minimum atomic E-state index is -0.340. The van der Waals surface area contributed by atoms with E-state index in [9.17, 15) is 9.59 Å². The van der Waals surface area contributed by atoms with Crippen molar-refractivity contribution in [3.8, 4) is 5.75 Å². The van der Waals surface area contributed by atoms with Crippen molar-refractivity contribution in [2.75, 3.05) is 10.6 Å². The Bertz CT molecular complexity index is 1230. The Morgan fingerprint density at radius 1 is 0.938 bits per heavy atom. The maximum atomic E-state index is 12.7. The Kier molecular flexibility index (Phi) is 6.18. The maximum absolute atomic E-state index is 12.7. The third-order valence-electron chi connectivity index (χ3n) is 4.46. The van der Waals surface area contributed by atoms with Gasteiger partial charge in [0.05, 0.1) is 0 Å². The number of rotatable bonds is 7. The van der Waals surface area contributed by atoms with Crippen molar-refractivity contribution in [2.45, 2.75) is 6.73 Å². The second-order valence-electron chi connectivity index (χ2n) is 6.80. The second kappa shape index (κ2) is 9.36. The van der Waals surface area contributed by atoms with Crippen molar-refractivity contribution in [3.05, 3.63) is 89.5 Å². The first-order valence-corrected chi connectivity index (χ1v) is 9.98. The highest BCUT2D eigenvalue weighted by Gasteiger charge is 2.13. The molecule has 9 nitrogen and oxygen atoms in total. The third-order valence-corrected chi connectivity index (χ3v) is 4.72. The number of ether oxygens (including phenoxy) is 1. The molecule has 0 spiro atoms. The van der Waals surface area contributed by atoms with Crippen molar-refractivity contribution in [1.82, 2.24) is 19.6 Å². The van der Waals surface area contributed by atoms with Gasteiger partial charge in [0.2, 0.25) is 0 Å². The highest BCUT2D eigenvalue weighted by molar-refractivity contribution is 6.30. The molecule has 0 aliphatic carbocycles. The van der Waals surface area contributed by atoms with Crippen LogP contribution in [0.1, 0.15) is 21.0 Å². The monoisotopic (exact) mass is 450 g/mol. The summed E-state index contributed by atoms with van der Waals surface area (Å²) in [7, 11) is 1.74. The fourth-order valence-electron chi connectivity index (χ4n) is 2.86. The van der Waals surface area contributed by atoms with E-state index in [0.717, 1.165) is 0 Å². The lowest BCUT2D eigenvalue weighted by Crippen LogP contribution is -2.19. The molecular weight excluding hydrogens is 432 g/mol. The van der Waals surface area contributed by atoms with E-state index in [0.29, 0.717) is 33.5 Å². The fourth-order valence-corrected chi connectivity index (χ4v) is 2.98. The summed E-state index contributed by atoms with van der Waals surface area (Å²) in [6, 6.07) is 16.9. The quantitative estimate of drug-likeness (QED) is 0.445. The molecule has 0 aliphatic rings. The maximum Gasteiger partial charge on any atom is 0.276 e. The summed E-state index contributed by atoms with van der Waals surface area (Å²) in [4.78, 5) is 24.9. The van der Waals surface area contributed by atoms with Crippen LogP contribution in [0.15, 0.2) is 73.1 Å². The van der Waals surface area contributed by atoms with Gasteiger partial charge in [-0.2, -0.15) is 10.2 Å². The molecule has 162 valence electrons. The van der Waals surface area contributed by atoms with Gasteiger partial charge < -0.3 is 15.4 Å². The summed E-state index contributed by atoms with van der Waals surface area (Å²) >= 11 is 5.87. The van der Waals surface area contributed by atoms with E-state index in [1.165, 1.54) is 10.9 Å². The number of carbonyl (C=O) groups excluding carboxylic acids is 2. The number of benzene rings is 2. The van der Waals surface area contributed by atoms with Gasteiger partial charge in [-0.15, -0.1) is 0 Å². The summed E-state index contributed by atoms with van der Waals surface area (Å²) in [5.74, 6) is -0.0425. The van der Waals surface area contributed by atoms with Crippen LogP contribution in [0.25, 0.3) is 0 Å². The van der Waals surface area contributed by atoms with E-state index >= 15 is 0 Å². The first-order valence-electron chi connectivity index (χ1n) is 9.60. The van der Waals surface area contributed by atoms with Crippen LogP contribution in [0.5, 0.6) is 5.75 Å². The van der Waals surface area contributed by atoms with Crippen LogP contribution in [-0.4, -0.2) is 31.4 Å². The summed E-state index contributed by atoms with van der Waals surface area (Å²) < 4.78 is 8.66. The number of aryl methyl sites for hydroxylation is 1. The van der Waals surface area contributed by atoms with Crippen molar-refractivity contribution >= 4 is 34.8 Å². The molecule has 0 atom stereocenters. The molecule has 2 N–H and O–H groups in total. The average Bonchev–Trinajstić information content (AvgIpc) is 3.44. The van der Waals surface area contributed by atoms with Gasteiger partial charge in [-0.05, 0) is 60.7 Å². The van der Waals surface area contributed by atoms with E-state index in [2.05, 4.69) is 20.8 Å². The van der Waals surface area contributed by atoms with Gasteiger partial charge in [-0.25, -0.2) is 4.68 Å². The summed E-state index contributed by atoms with van der Waals surface area (Å²) in [6.07, 6.45) is 3.22. The van der Waals surface area contributed by atoms with Gasteiger partial charge in [0.25, 0.3) is 11.8 Å². The summed E-state index contributed by atoms with van der Waals surface area (Å²) in [5, 5.41) is 14.4. The predicted molar refractivity (Wildman–Crippen MR) is 120 cm³/mol. The molecule has 4 aromatic rings. The van der Waals surface area contributed by atoms with E-state index in [4.69, 9.17) is 16.3 Å². The third kappa shape index (κ3) is 5.13. The molecule has 32 heavy (non-hydrogen) atoms. The van der Waals surface area contributed by atoms with E-state index < -0.39 is 0 Å². The lowest BCUT2D eigenvalue weighted by molar-refractivity contribution is 0.0998. The lowest BCUT2D eigenvalue weighted by atomic mass is 10.2. The van der Waals surface area contributed by atoms with Crippen molar-refractivity contribution in [2.24, 2.45) is 7.05 Å². The Balaban J connectivity index is 1.35. The van der Waals surface area contributed by atoms with Crippen LogP contribution < -0.4 is 15.4 Å². The Labute approximate surface area is 188 Å². The standard InChI is InChI=1S/C22H19ClN6O3/c1-28-13-11-19(27-28)21(30)25-16-4-6-17(7-5-16)26-22(31)20-10-12-24-29(20)14-32-18-8-2-15(23)3-9-18/h2-13H,14H2,1H3,(H,25,30)(H,26,31). The molecule has 0 saturated carbocycles. The van der Waals surface area contributed by atoms with E-state index in [1.807, 2.05) is 0 Å². The van der Waals surface area contributed by atoms with Gasteiger partial charge in [-0.1, -0.05) is 11.6 Å². The molecule has 0 bridgehead atoms. The molecule has 0 saturated heterocycles. The van der Waals surface area contributed by atoms with Crippen molar-refractivity contribution < 1.29 is 14.3 Å². The molecule has 0 fully saturated rings. The molecule has 2 heterocycles. The molecule has 0 unspecified atom stereocenters. The van der Waals surface area contributed by atoms with Crippen molar-refractivity contribution in [1.29, 1.82) is 0 Å². The zero-order chi connectivity index (χ0) is 22.5. The Morgan fingerprint density at radius 2 is 1.59 bits per heavy atom. The largest absolute Gasteiger partial charge is 0.471 e. The number of carbonyl (C=O) groups is 2. The van der Waals surface area contributed by atoms with Crippen LogP contribution in [0.4, 0.5) is 11.4 Å². The Morgan fingerprint density at radius 3 is 2.22 bits per heavy atom. The number of hydrogen-bond donors (Lipinski definition) is 2. The van der Waals surface area contributed by atoms with Gasteiger partial charge in [0, 0.05) is 35.8 Å². The van der Waals surface area contributed by atoms with Crippen LogP contribution in [0.3, 0.4) is 0 Å². The van der Waals surface area contributed by atoms with Crippen molar-refractivity contribution in [3.63, 3.8) is 0 Å². The zero-order valence-corrected chi connectivity index (χ0v) is 17.8. The van der Waals surface area contributed by atoms with Crippen LogP contribution >= 0.6 is 11.6 Å². The van der Waals surface area contributed by atoms with Gasteiger partial charge in [0.1, 0.15) is 11.4 Å². The van der Waals surface area contributed by atoms with Crippen LogP contribution in [0, 0.1) is 0 Å². The summed E-state index contributed by atoms with van der Waals surface area (Å²) in [5.41, 5.74) is 1.81. The SMILES string of the molecule is Cn1ccc(C(=O)Nc2ccc(NC(=O)c3ccnn3COc3ccc(Cl)cc3)cc2)n1. The second-order valence-corrected chi connectivity index (χ2v) is 7.24. The molecule has 0 aliphatic heterocycles. The van der Waals surface area contributed by atoms with Gasteiger partial charge in [-0.3, -0.25) is 14.3 Å². The molecule has 2 aromatic heterocycles. The summed E-state index contributed by atoms with van der Waals surface area (Å²) in [6.45, 7) is 0.0654. The average molecular weight is 451 g/mol. The van der Waals surface area contributed by atoms with E-state index in [-0.39, 0.29) is 18.5 Å². The highest BCUT2D eigenvalue weighted by Crippen LogP contribution is 2.17. The van der Waals surface area contributed by atoms with E-state index in [1.54, 1.807) is 78.6 Å². The molecule has 2 amide bonds. The van der Waals surface area contributed by atoms with Crippen LogP contribution in [0.2, 0.25) is 5.02 Å². The number of hydrogen-bond acceptors (Lipinski definition) is 5. The lowest BCUT2D eigenvalue weighted by Gasteiger charge is -2.11. The minimum absolute atomic E-state index is 0.0654. The zero-order valence-electron chi connectivity index (χ0n) is 17.0. The normalized spacial score (nSPS) is 10.6. The molecule has 10 heteroatoms. The molecule has 4 rings (SSSR count). The number of amides is 2. The molecule has 0 radical (unpaired) electrons. The molecule has 2 aromatic carbocycles. The number of nitrogens with one attached hydrogen (secondary N) is 2. The Hall–Kier alpha value is -4.11. The molecular formula is C22H19ClN6O3. The van der Waals surface area contributed by atoms with Gasteiger partial charge >= 0.3 is 0 Å². The van der Waals surface area contributed by atoms with Crippen LogP contribution in [-0.2, 0) is 13.8 Å².